The van der Waals surface area contributed by atoms with Gasteiger partial charge in [-0.2, -0.15) is 0 Å². The van der Waals surface area contributed by atoms with Crippen LogP contribution in [0.3, 0.4) is 0 Å². The summed E-state index contributed by atoms with van der Waals surface area (Å²) in [6.45, 7) is 4.39. The van der Waals surface area contributed by atoms with Gasteiger partial charge in [0.15, 0.2) is 6.54 Å². The van der Waals surface area contributed by atoms with Gasteiger partial charge >= 0.3 is 0 Å². The quantitative estimate of drug-likeness (QED) is 0.704. The van der Waals surface area contributed by atoms with Crippen LogP contribution in [-0.4, -0.2) is 73.3 Å². The van der Waals surface area contributed by atoms with E-state index in [2.05, 4.69) is 0 Å². The lowest BCUT2D eigenvalue weighted by Crippen LogP contribution is -3.15. The first kappa shape index (κ1) is 18.4. The number of quaternary nitrogens is 1. The number of likely N-dealkylation sites (tertiary alicyclic amines) is 1. The maximum absolute atomic E-state index is 12.5. The van der Waals surface area contributed by atoms with Gasteiger partial charge in [-0.3, -0.25) is 14.4 Å². The molecule has 0 saturated carbocycles. The Kier molecular flexibility index (Phi) is 5.88. The molecule has 2 aliphatic rings. The zero-order valence-electron chi connectivity index (χ0n) is 15.0. The highest BCUT2D eigenvalue weighted by atomic mass is 16.2. The Hall–Kier alpha value is -2.41. The van der Waals surface area contributed by atoms with Crippen LogP contribution in [0, 0.1) is 5.92 Å². The molecule has 26 heavy (non-hydrogen) atoms. The van der Waals surface area contributed by atoms with E-state index >= 15 is 0 Å². The molecule has 3 amide bonds. The highest BCUT2D eigenvalue weighted by Crippen LogP contribution is 2.15. The predicted molar refractivity (Wildman–Crippen MR) is 96.4 cm³/mol. The van der Waals surface area contributed by atoms with Crippen LogP contribution >= 0.6 is 0 Å². The normalized spacial score (nSPS) is 21.5. The van der Waals surface area contributed by atoms with Crippen molar-refractivity contribution in [2.75, 3.05) is 45.8 Å². The highest BCUT2D eigenvalue weighted by Gasteiger charge is 2.31. The second-order valence-electron chi connectivity index (χ2n) is 7.17. The number of primary amides is 1. The van der Waals surface area contributed by atoms with E-state index in [0.717, 1.165) is 25.9 Å². The fourth-order valence-electron chi connectivity index (χ4n) is 3.73. The van der Waals surface area contributed by atoms with Gasteiger partial charge in [-0.05, 0) is 25.0 Å². The molecule has 1 atom stereocenters. The molecule has 1 aromatic carbocycles. The number of rotatable bonds is 4. The SMILES string of the molecule is NC(=O)[C@@H]1CCCN(C(=O)C[NH+]2CCN(C(=O)c3ccccc3)CC2)C1. The van der Waals surface area contributed by atoms with Crippen LogP contribution in [0.15, 0.2) is 30.3 Å². The molecule has 1 aromatic rings. The van der Waals surface area contributed by atoms with Crippen LogP contribution in [0.5, 0.6) is 0 Å². The number of hydrogen-bond donors (Lipinski definition) is 2. The van der Waals surface area contributed by atoms with Crippen molar-refractivity contribution in [3.05, 3.63) is 35.9 Å². The lowest BCUT2D eigenvalue weighted by molar-refractivity contribution is -0.896. The fourth-order valence-corrected chi connectivity index (χ4v) is 3.73. The number of piperidine rings is 1. The number of amides is 3. The summed E-state index contributed by atoms with van der Waals surface area (Å²) in [5.41, 5.74) is 6.09. The summed E-state index contributed by atoms with van der Waals surface area (Å²) in [5.74, 6) is -0.406. The Morgan fingerprint density at radius 3 is 2.38 bits per heavy atom. The molecule has 2 fully saturated rings. The summed E-state index contributed by atoms with van der Waals surface area (Å²) in [7, 11) is 0. The van der Waals surface area contributed by atoms with Crippen LogP contribution in [0.1, 0.15) is 23.2 Å². The summed E-state index contributed by atoms with van der Waals surface area (Å²) in [5, 5.41) is 0. The molecule has 0 bridgehead atoms. The largest absolute Gasteiger partial charge is 0.369 e. The Bertz CT molecular complexity index is 656. The molecule has 0 aromatic heterocycles. The zero-order chi connectivity index (χ0) is 18.5. The number of piperazine rings is 1. The maximum atomic E-state index is 12.5. The van der Waals surface area contributed by atoms with E-state index in [1.54, 1.807) is 4.90 Å². The number of hydrogen-bond acceptors (Lipinski definition) is 3. The first-order chi connectivity index (χ1) is 12.5. The van der Waals surface area contributed by atoms with E-state index in [9.17, 15) is 14.4 Å². The molecule has 3 rings (SSSR count). The fraction of sp³-hybridized carbons (Fsp3) is 0.526. The molecule has 7 nitrogen and oxygen atoms in total. The van der Waals surface area contributed by atoms with Crippen molar-refractivity contribution in [3.8, 4) is 0 Å². The topological polar surface area (TPSA) is 88.2 Å². The number of nitrogens with one attached hydrogen (secondary N) is 1. The van der Waals surface area contributed by atoms with Crippen molar-refractivity contribution < 1.29 is 19.3 Å². The van der Waals surface area contributed by atoms with Crippen LogP contribution in [-0.2, 0) is 9.59 Å². The third-order valence-electron chi connectivity index (χ3n) is 5.36. The summed E-state index contributed by atoms with van der Waals surface area (Å²) in [6, 6.07) is 9.29. The van der Waals surface area contributed by atoms with Gasteiger partial charge in [-0.1, -0.05) is 18.2 Å². The number of carbonyl (C=O) groups is 3. The minimum Gasteiger partial charge on any atom is -0.369 e. The van der Waals surface area contributed by atoms with Crippen molar-refractivity contribution in [3.63, 3.8) is 0 Å². The second kappa shape index (κ2) is 8.31. The molecule has 7 heteroatoms. The van der Waals surface area contributed by atoms with Crippen LogP contribution < -0.4 is 10.6 Å². The summed E-state index contributed by atoms with van der Waals surface area (Å²) in [4.78, 5) is 41.2. The second-order valence-corrected chi connectivity index (χ2v) is 7.17. The monoisotopic (exact) mass is 359 g/mol. The molecule has 2 saturated heterocycles. The van der Waals surface area contributed by atoms with Crippen molar-refractivity contribution >= 4 is 17.7 Å². The summed E-state index contributed by atoms with van der Waals surface area (Å²) in [6.07, 6.45) is 1.60. The Morgan fingerprint density at radius 2 is 1.73 bits per heavy atom. The van der Waals surface area contributed by atoms with E-state index in [-0.39, 0.29) is 23.6 Å². The van der Waals surface area contributed by atoms with Crippen LogP contribution in [0.4, 0.5) is 0 Å². The summed E-state index contributed by atoms with van der Waals surface area (Å²) < 4.78 is 0. The van der Waals surface area contributed by atoms with Gasteiger partial charge < -0.3 is 20.4 Å². The van der Waals surface area contributed by atoms with Gasteiger partial charge in [0.25, 0.3) is 11.8 Å². The van der Waals surface area contributed by atoms with E-state index in [0.29, 0.717) is 38.3 Å². The Balaban J connectivity index is 1.47. The van der Waals surface area contributed by atoms with E-state index in [4.69, 9.17) is 5.73 Å². The van der Waals surface area contributed by atoms with Gasteiger partial charge in [-0.15, -0.1) is 0 Å². The third kappa shape index (κ3) is 4.40. The molecule has 0 unspecified atom stereocenters. The van der Waals surface area contributed by atoms with E-state index in [1.165, 1.54) is 4.90 Å². The average molecular weight is 359 g/mol. The average Bonchev–Trinajstić information content (AvgIpc) is 2.68. The number of nitrogens with two attached hydrogens (primary N) is 1. The van der Waals surface area contributed by atoms with Crippen molar-refractivity contribution in [2.24, 2.45) is 11.7 Å². The van der Waals surface area contributed by atoms with Crippen molar-refractivity contribution in [1.82, 2.24) is 9.80 Å². The lowest BCUT2D eigenvalue weighted by Gasteiger charge is -2.35. The number of benzene rings is 1. The Labute approximate surface area is 153 Å². The number of carbonyl (C=O) groups excluding carboxylic acids is 3. The van der Waals surface area contributed by atoms with Gasteiger partial charge in [0.05, 0.1) is 32.1 Å². The van der Waals surface area contributed by atoms with E-state index in [1.807, 2.05) is 35.2 Å². The van der Waals surface area contributed by atoms with Crippen molar-refractivity contribution in [1.29, 1.82) is 0 Å². The van der Waals surface area contributed by atoms with E-state index < -0.39 is 0 Å². The summed E-state index contributed by atoms with van der Waals surface area (Å²) >= 11 is 0. The van der Waals surface area contributed by atoms with Crippen molar-refractivity contribution in [2.45, 2.75) is 12.8 Å². The lowest BCUT2D eigenvalue weighted by atomic mass is 9.97. The predicted octanol–water partition coefficient (Wildman–Crippen LogP) is -1.25. The highest BCUT2D eigenvalue weighted by molar-refractivity contribution is 5.94. The molecule has 0 spiro atoms. The van der Waals surface area contributed by atoms with Crippen LogP contribution in [0.2, 0.25) is 0 Å². The minimum absolute atomic E-state index is 0.0521. The Morgan fingerprint density at radius 1 is 1.04 bits per heavy atom. The number of nitrogens with zero attached hydrogens (tertiary/aromatic N) is 2. The van der Waals surface area contributed by atoms with Crippen LogP contribution in [0.25, 0.3) is 0 Å². The molecule has 2 aliphatic heterocycles. The van der Waals surface area contributed by atoms with Gasteiger partial charge in [-0.25, -0.2) is 0 Å². The van der Waals surface area contributed by atoms with Gasteiger partial charge in [0, 0.05) is 18.7 Å². The first-order valence-electron chi connectivity index (χ1n) is 9.29. The molecule has 0 radical (unpaired) electrons. The maximum Gasteiger partial charge on any atom is 0.277 e. The molecular weight excluding hydrogens is 332 g/mol. The smallest absolute Gasteiger partial charge is 0.277 e. The van der Waals surface area contributed by atoms with Gasteiger partial charge in [0.1, 0.15) is 0 Å². The zero-order valence-corrected chi connectivity index (χ0v) is 15.0. The third-order valence-corrected chi connectivity index (χ3v) is 5.36. The van der Waals surface area contributed by atoms with Gasteiger partial charge in [0.2, 0.25) is 5.91 Å². The molecule has 0 aliphatic carbocycles. The minimum atomic E-state index is -0.317. The molecule has 140 valence electrons. The molecule has 3 N–H and O–H groups in total. The first-order valence-corrected chi connectivity index (χ1v) is 9.29. The molecular formula is C19H27N4O3+. The molecule has 2 heterocycles. The standard InChI is InChI=1S/C19H26N4O3/c20-18(25)16-7-4-8-23(13-16)17(24)14-21-9-11-22(12-10-21)19(26)15-5-2-1-3-6-15/h1-3,5-6,16H,4,7-14H2,(H2,20,25)/p+1/t16-/m1/s1.